The minimum Gasteiger partial charge on any atom is -0.385 e. The molecule has 2 saturated carbocycles. The maximum atomic E-state index is 6.01. The van der Waals surface area contributed by atoms with Crippen molar-refractivity contribution in [2.75, 3.05) is 11.9 Å². The van der Waals surface area contributed by atoms with Gasteiger partial charge in [0.15, 0.2) is 0 Å². The molecule has 0 atom stereocenters. The molecule has 0 unspecified atom stereocenters. The zero-order valence-electron chi connectivity index (χ0n) is 14.6. The molecule has 2 aliphatic rings. The molecule has 128 valence electrons. The molecule has 0 aromatic heterocycles. The van der Waals surface area contributed by atoms with Crippen LogP contribution in [0.2, 0.25) is 0 Å². The summed E-state index contributed by atoms with van der Waals surface area (Å²) in [4.78, 5) is 0. The number of benzene rings is 1. The van der Waals surface area contributed by atoms with Gasteiger partial charge in [0, 0.05) is 30.4 Å². The third-order valence-electron chi connectivity index (χ3n) is 5.73. The van der Waals surface area contributed by atoms with Gasteiger partial charge in [-0.3, -0.25) is 0 Å². The fourth-order valence-corrected chi connectivity index (χ4v) is 4.29. The summed E-state index contributed by atoms with van der Waals surface area (Å²) in [5, 5.41) is 7.29. The lowest BCUT2D eigenvalue weighted by Gasteiger charge is -2.35. The van der Waals surface area contributed by atoms with Crippen molar-refractivity contribution in [3.63, 3.8) is 0 Å². The van der Waals surface area contributed by atoms with Crippen molar-refractivity contribution in [2.24, 2.45) is 5.73 Å². The number of rotatable bonds is 5. The largest absolute Gasteiger partial charge is 0.385 e. The second-order valence-electron chi connectivity index (χ2n) is 7.48. The fourth-order valence-electron chi connectivity index (χ4n) is 4.29. The first-order chi connectivity index (χ1) is 11.2. The molecule has 1 aromatic rings. The number of nitrogens with one attached hydrogen (secondary N) is 2. The second kappa shape index (κ2) is 8.16. The lowest BCUT2D eigenvalue weighted by atomic mass is 9.81. The van der Waals surface area contributed by atoms with Crippen LogP contribution >= 0.6 is 0 Å². The van der Waals surface area contributed by atoms with Crippen LogP contribution < -0.4 is 16.4 Å². The Bertz CT molecular complexity index is 454. The first-order valence-corrected chi connectivity index (χ1v) is 9.60. The lowest BCUT2D eigenvalue weighted by molar-refractivity contribution is 0.268. The van der Waals surface area contributed by atoms with Gasteiger partial charge in [0.2, 0.25) is 0 Å². The van der Waals surface area contributed by atoms with E-state index in [1.165, 1.54) is 62.6 Å². The fraction of sp³-hybridized carbons (Fsp3) is 0.700. The summed E-state index contributed by atoms with van der Waals surface area (Å²) < 4.78 is 0. The average Bonchev–Trinajstić information content (AvgIpc) is 2.59. The molecule has 0 aliphatic heterocycles. The van der Waals surface area contributed by atoms with Gasteiger partial charge in [-0.15, -0.1) is 0 Å². The Kier molecular flexibility index (Phi) is 5.96. The van der Waals surface area contributed by atoms with E-state index in [1.54, 1.807) is 0 Å². The van der Waals surface area contributed by atoms with Gasteiger partial charge in [0.05, 0.1) is 0 Å². The van der Waals surface area contributed by atoms with Crippen molar-refractivity contribution in [1.29, 1.82) is 0 Å². The van der Waals surface area contributed by atoms with Crippen molar-refractivity contribution in [2.45, 2.75) is 82.3 Å². The highest BCUT2D eigenvalue weighted by atomic mass is 15.0. The highest BCUT2D eigenvalue weighted by molar-refractivity contribution is 5.45. The Hall–Kier alpha value is -1.06. The van der Waals surface area contributed by atoms with Crippen LogP contribution in [0.25, 0.3) is 0 Å². The van der Waals surface area contributed by atoms with E-state index in [-0.39, 0.29) is 0 Å². The molecule has 3 heteroatoms. The molecule has 2 aliphatic carbocycles. The van der Waals surface area contributed by atoms with Gasteiger partial charge in [-0.05, 0) is 81.9 Å². The van der Waals surface area contributed by atoms with Gasteiger partial charge in [-0.1, -0.05) is 12.1 Å². The Morgan fingerprint density at radius 1 is 0.870 bits per heavy atom. The van der Waals surface area contributed by atoms with Crippen molar-refractivity contribution >= 4 is 5.69 Å². The maximum Gasteiger partial charge on any atom is 0.0340 e. The van der Waals surface area contributed by atoms with Gasteiger partial charge in [0.25, 0.3) is 0 Å². The zero-order chi connectivity index (χ0) is 16.1. The van der Waals surface area contributed by atoms with Gasteiger partial charge < -0.3 is 16.4 Å². The van der Waals surface area contributed by atoms with E-state index >= 15 is 0 Å². The van der Waals surface area contributed by atoms with Crippen LogP contribution in [0.3, 0.4) is 0 Å². The minimum absolute atomic E-state index is 0.453. The van der Waals surface area contributed by atoms with Crippen molar-refractivity contribution in [1.82, 2.24) is 5.32 Å². The molecule has 3 rings (SSSR count). The normalized spacial score (nSPS) is 31.7. The van der Waals surface area contributed by atoms with Gasteiger partial charge in [-0.25, -0.2) is 0 Å². The topological polar surface area (TPSA) is 50.1 Å². The molecular formula is C20H33N3. The molecule has 0 saturated heterocycles. The summed E-state index contributed by atoms with van der Waals surface area (Å²) in [5.74, 6) is 0.753. The third kappa shape index (κ3) is 4.71. The van der Waals surface area contributed by atoms with Crippen LogP contribution in [0, 0.1) is 0 Å². The molecule has 3 nitrogen and oxygen atoms in total. The second-order valence-corrected chi connectivity index (χ2v) is 7.48. The van der Waals surface area contributed by atoms with E-state index in [9.17, 15) is 0 Å². The summed E-state index contributed by atoms with van der Waals surface area (Å²) >= 11 is 0. The Morgan fingerprint density at radius 2 is 1.43 bits per heavy atom. The van der Waals surface area contributed by atoms with Crippen LogP contribution in [-0.4, -0.2) is 24.7 Å². The molecule has 0 spiro atoms. The number of anilines is 1. The molecule has 23 heavy (non-hydrogen) atoms. The number of hydrogen-bond acceptors (Lipinski definition) is 3. The van der Waals surface area contributed by atoms with Crippen LogP contribution in [-0.2, 0) is 0 Å². The predicted molar refractivity (Wildman–Crippen MR) is 99.0 cm³/mol. The molecule has 4 N–H and O–H groups in total. The summed E-state index contributed by atoms with van der Waals surface area (Å²) in [6, 6.07) is 11.0. The Morgan fingerprint density at radius 3 is 2.00 bits per heavy atom. The molecule has 0 radical (unpaired) electrons. The SMILES string of the molecule is CCNc1ccc(C2CCC(NC3CCC(N)CC3)CC2)cc1. The third-order valence-corrected chi connectivity index (χ3v) is 5.73. The van der Waals surface area contributed by atoms with E-state index in [0.29, 0.717) is 6.04 Å². The van der Waals surface area contributed by atoms with Crippen molar-refractivity contribution < 1.29 is 0 Å². The van der Waals surface area contributed by atoms with Crippen LogP contribution in [0.15, 0.2) is 24.3 Å². The van der Waals surface area contributed by atoms with E-state index in [0.717, 1.165) is 24.5 Å². The lowest BCUT2D eigenvalue weighted by Crippen LogP contribution is -2.43. The standard InChI is InChI=1S/C20H33N3/c1-2-22-18-9-3-15(4-10-18)16-5-11-19(12-6-16)23-20-13-7-17(21)8-14-20/h3-4,9-10,16-17,19-20,22-23H,2,5-8,11-14,21H2,1H3. The molecule has 2 fully saturated rings. The summed E-state index contributed by atoms with van der Waals surface area (Å²) in [6.07, 6.45) is 10.2. The van der Waals surface area contributed by atoms with E-state index in [4.69, 9.17) is 5.73 Å². The molecule has 0 bridgehead atoms. The summed E-state index contributed by atoms with van der Waals surface area (Å²) in [5.41, 5.74) is 8.77. The minimum atomic E-state index is 0.453. The molecule has 0 heterocycles. The summed E-state index contributed by atoms with van der Waals surface area (Å²) in [6.45, 7) is 3.13. The molecule has 0 amide bonds. The quantitative estimate of drug-likeness (QED) is 0.769. The highest BCUT2D eigenvalue weighted by Crippen LogP contribution is 2.34. The van der Waals surface area contributed by atoms with Gasteiger partial charge in [-0.2, -0.15) is 0 Å². The van der Waals surface area contributed by atoms with Crippen LogP contribution in [0.1, 0.15) is 69.8 Å². The Labute approximate surface area is 141 Å². The predicted octanol–water partition coefficient (Wildman–Crippen LogP) is 4.00. The first-order valence-electron chi connectivity index (χ1n) is 9.60. The highest BCUT2D eigenvalue weighted by Gasteiger charge is 2.25. The monoisotopic (exact) mass is 315 g/mol. The zero-order valence-corrected chi connectivity index (χ0v) is 14.6. The van der Waals surface area contributed by atoms with Crippen LogP contribution in [0.5, 0.6) is 0 Å². The maximum absolute atomic E-state index is 6.01. The number of hydrogen-bond donors (Lipinski definition) is 3. The summed E-state index contributed by atoms with van der Waals surface area (Å²) in [7, 11) is 0. The van der Waals surface area contributed by atoms with Gasteiger partial charge in [0.1, 0.15) is 0 Å². The van der Waals surface area contributed by atoms with E-state index < -0.39 is 0 Å². The van der Waals surface area contributed by atoms with Gasteiger partial charge >= 0.3 is 0 Å². The average molecular weight is 316 g/mol. The van der Waals surface area contributed by atoms with Crippen LogP contribution in [0.4, 0.5) is 5.69 Å². The smallest absolute Gasteiger partial charge is 0.0340 e. The number of nitrogens with two attached hydrogens (primary N) is 1. The van der Waals surface area contributed by atoms with Crippen molar-refractivity contribution in [3.8, 4) is 0 Å². The van der Waals surface area contributed by atoms with E-state index in [1.807, 2.05) is 0 Å². The van der Waals surface area contributed by atoms with Crippen molar-refractivity contribution in [3.05, 3.63) is 29.8 Å². The molecular weight excluding hydrogens is 282 g/mol. The first kappa shape index (κ1) is 16.8. The van der Waals surface area contributed by atoms with E-state index in [2.05, 4.69) is 41.8 Å². The Balaban J connectivity index is 1.44. The molecule has 1 aromatic carbocycles.